The molecule has 0 radical (unpaired) electrons. The van der Waals surface area contributed by atoms with Crippen LogP contribution < -0.4 is 16.0 Å². The number of aromatic nitrogens is 2. The van der Waals surface area contributed by atoms with Crippen LogP contribution in [0.5, 0.6) is 5.75 Å². The molecule has 0 amide bonds. The summed E-state index contributed by atoms with van der Waals surface area (Å²) in [5.41, 5.74) is 6.43. The van der Waals surface area contributed by atoms with Crippen molar-refractivity contribution in [1.82, 2.24) is 9.97 Å². The molecule has 2 aromatic rings. The van der Waals surface area contributed by atoms with Gasteiger partial charge in [-0.3, -0.25) is 4.79 Å². The van der Waals surface area contributed by atoms with Crippen molar-refractivity contribution < 1.29 is 9.13 Å². The molecule has 0 saturated carbocycles. The number of ether oxygens (including phenoxy) is 1. The normalized spacial score (nSPS) is 10.6. The summed E-state index contributed by atoms with van der Waals surface area (Å²) in [6.45, 7) is 4.08. The highest BCUT2D eigenvalue weighted by Gasteiger charge is 2.11. The van der Waals surface area contributed by atoms with Gasteiger partial charge in [-0.2, -0.15) is 0 Å². The minimum Gasteiger partial charge on any atom is -0.490 e. The van der Waals surface area contributed by atoms with E-state index in [9.17, 15) is 9.18 Å². The minimum absolute atomic E-state index is 0.142. The zero-order valence-corrected chi connectivity index (χ0v) is 12.6. The van der Waals surface area contributed by atoms with Crippen molar-refractivity contribution in [2.75, 3.05) is 12.3 Å². The Morgan fingerprint density at radius 3 is 2.86 bits per heavy atom. The van der Waals surface area contributed by atoms with Gasteiger partial charge in [-0.15, -0.1) is 0 Å². The van der Waals surface area contributed by atoms with Crippen LogP contribution in [-0.2, 0) is 0 Å². The molecule has 5 nitrogen and oxygen atoms in total. The van der Waals surface area contributed by atoms with Gasteiger partial charge in [0, 0.05) is 28.4 Å². The Kier molecular flexibility index (Phi) is 4.85. The molecule has 3 N–H and O–H groups in total. The highest BCUT2D eigenvalue weighted by atomic mass is 32.2. The van der Waals surface area contributed by atoms with Gasteiger partial charge in [-0.25, -0.2) is 9.37 Å². The van der Waals surface area contributed by atoms with E-state index in [1.54, 1.807) is 6.92 Å². The van der Waals surface area contributed by atoms with Crippen LogP contribution in [0.15, 0.2) is 33.0 Å². The van der Waals surface area contributed by atoms with Crippen LogP contribution in [-0.4, -0.2) is 16.6 Å². The first-order valence-corrected chi connectivity index (χ1v) is 7.29. The lowest BCUT2D eigenvalue weighted by atomic mass is 10.3. The number of hydrogen-bond acceptors (Lipinski definition) is 5. The zero-order chi connectivity index (χ0) is 15.4. The summed E-state index contributed by atoms with van der Waals surface area (Å²) in [7, 11) is 0. The van der Waals surface area contributed by atoms with Crippen molar-refractivity contribution in [3.63, 3.8) is 0 Å². The predicted molar refractivity (Wildman–Crippen MR) is 80.3 cm³/mol. The molecule has 0 fully saturated rings. The molecule has 1 aromatic heterocycles. The van der Waals surface area contributed by atoms with Gasteiger partial charge in [0.2, 0.25) is 0 Å². The third-order valence-electron chi connectivity index (χ3n) is 2.58. The Balaban J connectivity index is 2.32. The number of aromatic amines is 1. The Bertz CT molecular complexity index is 703. The van der Waals surface area contributed by atoms with Crippen molar-refractivity contribution >= 4 is 17.4 Å². The first-order chi connectivity index (χ1) is 9.99. The van der Waals surface area contributed by atoms with Crippen LogP contribution in [0.4, 0.5) is 10.1 Å². The van der Waals surface area contributed by atoms with Crippen molar-refractivity contribution in [1.29, 1.82) is 0 Å². The Morgan fingerprint density at radius 1 is 1.43 bits per heavy atom. The second-order valence-corrected chi connectivity index (χ2v) is 5.49. The third-order valence-corrected chi connectivity index (χ3v) is 3.54. The first kappa shape index (κ1) is 15.4. The van der Waals surface area contributed by atoms with Crippen LogP contribution in [0, 0.1) is 12.7 Å². The summed E-state index contributed by atoms with van der Waals surface area (Å²) < 4.78 is 19.1. The monoisotopic (exact) mass is 309 g/mol. The smallest absolute Gasteiger partial charge is 0.251 e. The molecule has 0 atom stereocenters. The topological polar surface area (TPSA) is 81.0 Å². The Morgan fingerprint density at radius 2 is 2.19 bits per heavy atom. The lowest BCUT2D eigenvalue weighted by molar-refractivity contribution is 0.300. The predicted octanol–water partition coefficient (Wildman–Crippen LogP) is 2.74. The number of rotatable bonds is 5. The van der Waals surface area contributed by atoms with Gasteiger partial charge in [0.1, 0.15) is 0 Å². The number of benzene rings is 1. The standard InChI is InChI=1S/C14H16FN3O2S/c1-3-4-20-11-7-12(10(16)6-9(11)15)21-14-17-8(2)5-13(19)18-14/h5-7H,3-4,16H2,1-2H3,(H,17,18,19). The van der Waals surface area contributed by atoms with Gasteiger partial charge in [0.05, 0.1) is 6.61 Å². The van der Waals surface area contributed by atoms with Crippen LogP contribution in [0.3, 0.4) is 0 Å². The summed E-state index contributed by atoms with van der Waals surface area (Å²) in [4.78, 5) is 18.8. The number of hydrogen-bond donors (Lipinski definition) is 2. The molecule has 1 aromatic carbocycles. The molecule has 0 aliphatic rings. The fraction of sp³-hybridized carbons (Fsp3) is 0.286. The third kappa shape index (κ3) is 3.98. The van der Waals surface area contributed by atoms with Crippen molar-refractivity contribution in [3.8, 4) is 5.75 Å². The summed E-state index contributed by atoms with van der Waals surface area (Å²) in [5, 5.41) is 0.403. The number of halogens is 1. The van der Waals surface area contributed by atoms with E-state index in [1.807, 2.05) is 6.92 Å². The van der Waals surface area contributed by atoms with Gasteiger partial charge >= 0.3 is 0 Å². The molecule has 0 unspecified atom stereocenters. The van der Waals surface area contributed by atoms with Crippen LogP contribution in [0.25, 0.3) is 0 Å². The molecule has 0 spiro atoms. The second kappa shape index (κ2) is 6.62. The SMILES string of the molecule is CCCOc1cc(Sc2nc(C)cc(=O)[nH]2)c(N)cc1F. The summed E-state index contributed by atoms with van der Waals surface area (Å²) in [6, 6.07) is 4.13. The maximum Gasteiger partial charge on any atom is 0.251 e. The average Bonchev–Trinajstić information content (AvgIpc) is 2.39. The van der Waals surface area contributed by atoms with Gasteiger partial charge in [0.15, 0.2) is 16.7 Å². The number of nitrogens with two attached hydrogens (primary N) is 1. The second-order valence-electron chi connectivity index (χ2n) is 4.46. The number of H-pyrrole nitrogens is 1. The van der Waals surface area contributed by atoms with Crippen LogP contribution >= 0.6 is 11.8 Å². The van der Waals surface area contributed by atoms with E-state index in [1.165, 1.54) is 18.2 Å². The van der Waals surface area contributed by atoms with E-state index >= 15 is 0 Å². The Labute approximate surface area is 125 Å². The molecule has 0 aliphatic carbocycles. The summed E-state index contributed by atoms with van der Waals surface area (Å²) >= 11 is 1.16. The Hall–Kier alpha value is -2.02. The number of nitrogens with zero attached hydrogens (tertiary/aromatic N) is 1. The molecule has 0 saturated heterocycles. The summed E-state index contributed by atoms with van der Waals surface area (Å²) in [5.74, 6) is -0.362. The van der Waals surface area contributed by atoms with Crippen LogP contribution in [0.1, 0.15) is 19.0 Å². The molecule has 0 bridgehead atoms. The van der Waals surface area contributed by atoms with E-state index in [0.717, 1.165) is 18.2 Å². The minimum atomic E-state index is -0.504. The van der Waals surface area contributed by atoms with E-state index in [4.69, 9.17) is 10.5 Å². The number of anilines is 1. The van der Waals surface area contributed by atoms with Gasteiger partial charge < -0.3 is 15.5 Å². The lowest BCUT2D eigenvalue weighted by Gasteiger charge is -2.10. The molecular weight excluding hydrogens is 293 g/mol. The van der Waals surface area contributed by atoms with E-state index in [0.29, 0.717) is 22.4 Å². The average molecular weight is 309 g/mol. The molecule has 21 heavy (non-hydrogen) atoms. The highest BCUT2D eigenvalue weighted by molar-refractivity contribution is 7.99. The van der Waals surface area contributed by atoms with E-state index in [2.05, 4.69) is 9.97 Å². The molecule has 1 heterocycles. The molecule has 112 valence electrons. The largest absolute Gasteiger partial charge is 0.490 e. The molecule has 7 heteroatoms. The highest BCUT2D eigenvalue weighted by Crippen LogP contribution is 2.34. The molecular formula is C14H16FN3O2S. The van der Waals surface area contributed by atoms with Crippen molar-refractivity contribution in [3.05, 3.63) is 40.1 Å². The molecule has 2 rings (SSSR count). The quantitative estimate of drug-likeness (QED) is 0.655. The summed E-state index contributed by atoms with van der Waals surface area (Å²) in [6.07, 6.45) is 0.777. The maximum atomic E-state index is 13.7. The number of nitrogen functional groups attached to an aromatic ring is 1. The fourth-order valence-electron chi connectivity index (χ4n) is 1.67. The fourth-order valence-corrected chi connectivity index (χ4v) is 2.56. The zero-order valence-electron chi connectivity index (χ0n) is 11.8. The van der Waals surface area contributed by atoms with Gasteiger partial charge in [-0.05, 0) is 31.2 Å². The first-order valence-electron chi connectivity index (χ1n) is 6.47. The van der Waals surface area contributed by atoms with Crippen molar-refractivity contribution in [2.24, 2.45) is 0 Å². The van der Waals surface area contributed by atoms with Gasteiger partial charge in [0.25, 0.3) is 5.56 Å². The maximum absolute atomic E-state index is 13.7. The number of aryl methyl sites for hydroxylation is 1. The van der Waals surface area contributed by atoms with Crippen LogP contribution in [0.2, 0.25) is 0 Å². The molecule has 0 aliphatic heterocycles. The lowest BCUT2D eigenvalue weighted by Crippen LogP contribution is -2.08. The van der Waals surface area contributed by atoms with E-state index in [-0.39, 0.29) is 17.0 Å². The number of nitrogens with one attached hydrogen (secondary N) is 1. The van der Waals surface area contributed by atoms with Crippen molar-refractivity contribution in [2.45, 2.75) is 30.3 Å². The van der Waals surface area contributed by atoms with Gasteiger partial charge in [-0.1, -0.05) is 6.92 Å². The van der Waals surface area contributed by atoms with E-state index < -0.39 is 5.82 Å².